The van der Waals surface area contributed by atoms with Crippen LogP contribution in [0.15, 0.2) is 36.4 Å². The normalized spacial score (nSPS) is 10.9. The van der Waals surface area contributed by atoms with Crippen molar-refractivity contribution in [1.82, 2.24) is 14.6 Å². The zero-order valence-corrected chi connectivity index (χ0v) is 12.8. The molecular weight excluding hydrogens is 317 g/mol. The summed E-state index contributed by atoms with van der Waals surface area (Å²) in [6.45, 7) is 0.641. The first-order valence-electron chi connectivity index (χ1n) is 7.11. The van der Waals surface area contributed by atoms with Crippen LogP contribution in [0.4, 0.5) is 4.39 Å². The van der Waals surface area contributed by atoms with Crippen molar-refractivity contribution in [2.45, 2.75) is 0 Å². The molecule has 7 nitrogen and oxygen atoms in total. The number of benzene rings is 1. The third-order valence-corrected chi connectivity index (χ3v) is 3.32. The van der Waals surface area contributed by atoms with Gasteiger partial charge < -0.3 is 14.6 Å². The van der Waals surface area contributed by atoms with Crippen LogP contribution in [0.5, 0.6) is 5.88 Å². The van der Waals surface area contributed by atoms with E-state index in [4.69, 9.17) is 9.47 Å². The van der Waals surface area contributed by atoms with Crippen LogP contribution >= 0.6 is 0 Å². The van der Waals surface area contributed by atoms with Crippen LogP contribution in [0.2, 0.25) is 0 Å². The highest BCUT2D eigenvalue weighted by Crippen LogP contribution is 2.27. The highest BCUT2D eigenvalue weighted by Gasteiger charge is 2.23. The van der Waals surface area contributed by atoms with Crippen molar-refractivity contribution in [3.05, 3.63) is 47.9 Å². The predicted molar refractivity (Wildman–Crippen MR) is 82.7 cm³/mol. The van der Waals surface area contributed by atoms with Crippen molar-refractivity contribution in [1.29, 1.82) is 0 Å². The third kappa shape index (κ3) is 2.91. The molecule has 3 rings (SSSR count). The molecule has 0 atom stereocenters. The SMILES string of the molecule is COCCOc1ccc2nc(-c3ccccc3F)c(C(=O)O)n2n1. The number of imidazole rings is 1. The molecule has 0 saturated carbocycles. The molecule has 124 valence electrons. The maximum absolute atomic E-state index is 14.0. The minimum atomic E-state index is -1.26. The number of rotatable bonds is 6. The molecule has 2 aromatic heterocycles. The smallest absolute Gasteiger partial charge is 0.356 e. The number of methoxy groups -OCH3 is 1. The Morgan fingerprint density at radius 1 is 1.25 bits per heavy atom. The summed E-state index contributed by atoms with van der Waals surface area (Å²) in [5, 5.41) is 13.6. The van der Waals surface area contributed by atoms with Gasteiger partial charge in [0, 0.05) is 18.7 Å². The van der Waals surface area contributed by atoms with Crippen molar-refractivity contribution < 1.29 is 23.8 Å². The zero-order chi connectivity index (χ0) is 17.1. The van der Waals surface area contributed by atoms with Gasteiger partial charge in [-0.2, -0.15) is 0 Å². The number of carboxylic acids is 1. The lowest BCUT2D eigenvalue weighted by Crippen LogP contribution is -2.10. The standard InChI is InChI=1S/C16H14FN3O4/c1-23-8-9-24-13-7-6-12-18-14(10-4-2-3-5-11(10)17)15(16(21)22)20(12)19-13/h2-7H,8-9H2,1H3,(H,21,22). The van der Waals surface area contributed by atoms with Crippen molar-refractivity contribution in [3.63, 3.8) is 0 Å². The molecule has 0 saturated heterocycles. The molecule has 8 heteroatoms. The van der Waals surface area contributed by atoms with Crippen LogP contribution in [0.1, 0.15) is 10.5 Å². The van der Waals surface area contributed by atoms with E-state index in [1.807, 2.05) is 0 Å². The molecule has 24 heavy (non-hydrogen) atoms. The van der Waals surface area contributed by atoms with Gasteiger partial charge in [-0.05, 0) is 18.2 Å². The van der Waals surface area contributed by atoms with E-state index in [0.717, 1.165) is 4.52 Å². The fourth-order valence-corrected chi connectivity index (χ4v) is 2.26. The van der Waals surface area contributed by atoms with Gasteiger partial charge >= 0.3 is 5.97 Å². The largest absolute Gasteiger partial charge is 0.476 e. The second-order valence-corrected chi connectivity index (χ2v) is 4.88. The highest BCUT2D eigenvalue weighted by atomic mass is 19.1. The predicted octanol–water partition coefficient (Wildman–Crippen LogP) is 2.26. The molecule has 1 aromatic carbocycles. The molecule has 0 bridgehead atoms. The first kappa shape index (κ1) is 15.9. The molecular formula is C16H14FN3O4. The monoisotopic (exact) mass is 331 g/mol. The number of aromatic carboxylic acids is 1. The molecule has 0 aliphatic rings. The lowest BCUT2D eigenvalue weighted by molar-refractivity contribution is 0.0688. The summed E-state index contributed by atoms with van der Waals surface area (Å²) < 4.78 is 25.4. The number of hydrogen-bond donors (Lipinski definition) is 1. The zero-order valence-electron chi connectivity index (χ0n) is 12.8. The number of carboxylic acid groups (broad SMARTS) is 1. The van der Waals surface area contributed by atoms with Gasteiger partial charge in [0.05, 0.1) is 6.61 Å². The first-order chi connectivity index (χ1) is 11.6. The van der Waals surface area contributed by atoms with Crippen LogP contribution in [-0.2, 0) is 4.74 Å². The van der Waals surface area contributed by atoms with Crippen molar-refractivity contribution >= 4 is 11.6 Å². The van der Waals surface area contributed by atoms with Gasteiger partial charge in [0.25, 0.3) is 0 Å². The minimum absolute atomic E-state index is 0.0159. The van der Waals surface area contributed by atoms with E-state index in [1.165, 1.54) is 18.2 Å². The van der Waals surface area contributed by atoms with Crippen LogP contribution < -0.4 is 4.74 Å². The summed E-state index contributed by atoms with van der Waals surface area (Å²) in [5.41, 5.74) is 0.168. The van der Waals surface area contributed by atoms with E-state index in [-0.39, 0.29) is 35.1 Å². The molecule has 0 fully saturated rings. The van der Waals surface area contributed by atoms with E-state index in [1.54, 1.807) is 25.3 Å². The van der Waals surface area contributed by atoms with Gasteiger partial charge in [-0.15, -0.1) is 5.10 Å². The van der Waals surface area contributed by atoms with Gasteiger partial charge in [-0.25, -0.2) is 18.7 Å². The Hall–Kier alpha value is -3.00. The lowest BCUT2D eigenvalue weighted by atomic mass is 10.1. The van der Waals surface area contributed by atoms with E-state index in [9.17, 15) is 14.3 Å². The second kappa shape index (κ2) is 6.63. The Balaban J connectivity index is 2.12. The number of aromatic nitrogens is 3. The number of halogens is 1. The van der Waals surface area contributed by atoms with E-state index >= 15 is 0 Å². The number of carbonyl (C=O) groups is 1. The Morgan fingerprint density at radius 3 is 2.75 bits per heavy atom. The van der Waals surface area contributed by atoms with Gasteiger partial charge in [-0.3, -0.25) is 0 Å². The Labute approximate surface area is 136 Å². The minimum Gasteiger partial charge on any atom is -0.476 e. The number of nitrogens with zero attached hydrogens (tertiary/aromatic N) is 3. The van der Waals surface area contributed by atoms with Crippen LogP contribution in [0.3, 0.4) is 0 Å². The molecule has 1 N–H and O–H groups in total. The molecule has 3 aromatic rings. The van der Waals surface area contributed by atoms with E-state index in [2.05, 4.69) is 10.1 Å². The van der Waals surface area contributed by atoms with Gasteiger partial charge in [0.15, 0.2) is 11.3 Å². The van der Waals surface area contributed by atoms with Gasteiger partial charge in [-0.1, -0.05) is 12.1 Å². The molecule has 2 heterocycles. The fourth-order valence-electron chi connectivity index (χ4n) is 2.26. The molecule has 0 amide bonds. The van der Waals surface area contributed by atoms with Crippen LogP contribution in [-0.4, -0.2) is 46.0 Å². The van der Waals surface area contributed by atoms with E-state index < -0.39 is 11.8 Å². The van der Waals surface area contributed by atoms with E-state index in [0.29, 0.717) is 6.61 Å². The first-order valence-corrected chi connectivity index (χ1v) is 7.11. The maximum atomic E-state index is 14.0. The number of fused-ring (bicyclic) bond motifs is 1. The Bertz CT molecular complexity index is 894. The summed E-state index contributed by atoms with van der Waals surface area (Å²) in [6.07, 6.45) is 0. The Kier molecular flexibility index (Phi) is 4.39. The molecule has 0 spiro atoms. The summed E-state index contributed by atoms with van der Waals surface area (Å²) in [5.74, 6) is -1.60. The lowest BCUT2D eigenvalue weighted by Gasteiger charge is -2.05. The van der Waals surface area contributed by atoms with Gasteiger partial charge in [0.2, 0.25) is 5.88 Å². The van der Waals surface area contributed by atoms with Crippen LogP contribution in [0, 0.1) is 5.82 Å². The quantitative estimate of drug-likeness (QED) is 0.697. The molecule has 0 aliphatic heterocycles. The van der Waals surface area contributed by atoms with Crippen molar-refractivity contribution in [3.8, 4) is 17.1 Å². The number of hydrogen-bond acceptors (Lipinski definition) is 5. The number of ether oxygens (including phenoxy) is 2. The highest BCUT2D eigenvalue weighted by molar-refractivity contribution is 5.94. The molecule has 0 aliphatic carbocycles. The maximum Gasteiger partial charge on any atom is 0.356 e. The van der Waals surface area contributed by atoms with Gasteiger partial charge in [0.1, 0.15) is 18.1 Å². The summed E-state index contributed by atoms with van der Waals surface area (Å²) in [7, 11) is 1.54. The topological polar surface area (TPSA) is 86.0 Å². The summed E-state index contributed by atoms with van der Waals surface area (Å²) in [4.78, 5) is 15.9. The summed E-state index contributed by atoms with van der Waals surface area (Å²) in [6, 6.07) is 8.98. The average molecular weight is 331 g/mol. The average Bonchev–Trinajstić information content (AvgIpc) is 2.94. The summed E-state index contributed by atoms with van der Waals surface area (Å²) >= 11 is 0. The Morgan fingerprint density at radius 2 is 2.04 bits per heavy atom. The third-order valence-electron chi connectivity index (χ3n) is 3.32. The second-order valence-electron chi connectivity index (χ2n) is 4.88. The van der Waals surface area contributed by atoms with Crippen molar-refractivity contribution in [2.24, 2.45) is 0 Å². The van der Waals surface area contributed by atoms with Crippen molar-refractivity contribution in [2.75, 3.05) is 20.3 Å². The van der Waals surface area contributed by atoms with Crippen LogP contribution in [0.25, 0.3) is 16.9 Å². The molecule has 0 radical (unpaired) electrons. The fraction of sp³-hybridized carbons (Fsp3) is 0.188. The molecule has 0 unspecified atom stereocenters.